The van der Waals surface area contributed by atoms with E-state index in [2.05, 4.69) is 14.8 Å². The number of halogens is 1. The van der Waals surface area contributed by atoms with Crippen LogP contribution in [0.5, 0.6) is 0 Å². The molecule has 0 aliphatic carbocycles. The van der Waals surface area contributed by atoms with Gasteiger partial charge in [-0.15, -0.1) is 0 Å². The maximum absolute atomic E-state index is 13.5. The predicted octanol–water partition coefficient (Wildman–Crippen LogP) is 5.32. The summed E-state index contributed by atoms with van der Waals surface area (Å²) >= 11 is 0. The summed E-state index contributed by atoms with van der Waals surface area (Å²) in [5, 5.41) is 3.09. The van der Waals surface area contributed by atoms with Gasteiger partial charge < -0.3 is 5.32 Å². The van der Waals surface area contributed by atoms with Gasteiger partial charge in [0.25, 0.3) is 0 Å². The number of hydrogen-bond donors (Lipinski definition) is 1. The number of aromatic nitrogens is 2. The number of anilines is 1. The molecular formula is C27H27FN4O. The molecule has 0 saturated carbocycles. The molecule has 1 fully saturated rings. The number of imidazole rings is 1. The quantitative estimate of drug-likeness (QED) is 0.455. The molecule has 33 heavy (non-hydrogen) atoms. The monoisotopic (exact) mass is 442 g/mol. The highest BCUT2D eigenvalue weighted by molar-refractivity contribution is 5.93. The molecule has 1 aliphatic heterocycles. The Morgan fingerprint density at radius 1 is 1.00 bits per heavy atom. The standard InChI is InChI=1S/C27H27FN4O/c1-19-6-2-3-7-23(19)30-27(33)20-14-16-31(17-15-20)18-26-29-24-8-4-5-9-25(24)32(26)22-12-10-21(28)11-13-22/h2-13,20H,14-18H2,1H3,(H,30,33). The van der Waals surface area contributed by atoms with Crippen LogP contribution in [0, 0.1) is 18.7 Å². The molecule has 1 saturated heterocycles. The highest BCUT2D eigenvalue weighted by Crippen LogP contribution is 2.26. The van der Waals surface area contributed by atoms with E-state index in [1.165, 1.54) is 12.1 Å². The van der Waals surface area contributed by atoms with Crippen molar-refractivity contribution in [3.8, 4) is 5.69 Å². The highest BCUT2D eigenvalue weighted by Gasteiger charge is 2.26. The third kappa shape index (κ3) is 4.52. The molecule has 0 unspecified atom stereocenters. The van der Waals surface area contributed by atoms with E-state index in [-0.39, 0.29) is 17.6 Å². The average Bonchev–Trinajstić information content (AvgIpc) is 3.19. The van der Waals surface area contributed by atoms with Crippen molar-refractivity contribution < 1.29 is 9.18 Å². The van der Waals surface area contributed by atoms with Gasteiger partial charge in [0, 0.05) is 17.3 Å². The van der Waals surface area contributed by atoms with Gasteiger partial charge in [-0.25, -0.2) is 9.37 Å². The predicted molar refractivity (Wildman–Crippen MR) is 129 cm³/mol. The van der Waals surface area contributed by atoms with Crippen LogP contribution >= 0.6 is 0 Å². The second-order valence-corrected chi connectivity index (χ2v) is 8.68. The number of benzene rings is 3. The van der Waals surface area contributed by atoms with Crippen molar-refractivity contribution in [2.24, 2.45) is 5.92 Å². The van der Waals surface area contributed by atoms with Crippen molar-refractivity contribution in [2.45, 2.75) is 26.3 Å². The first-order chi connectivity index (χ1) is 16.1. The number of rotatable bonds is 5. The number of carbonyl (C=O) groups is 1. The van der Waals surface area contributed by atoms with Crippen molar-refractivity contribution in [3.63, 3.8) is 0 Å². The number of amides is 1. The SMILES string of the molecule is Cc1ccccc1NC(=O)C1CCN(Cc2nc3ccccc3n2-c2ccc(F)cc2)CC1. The summed E-state index contributed by atoms with van der Waals surface area (Å²) in [6.45, 7) is 4.35. The van der Waals surface area contributed by atoms with Crippen molar-refractivity contribution in [1.82, 2.24) is 14.5 Å². The van der Waals surface area contributed by atoms with Crippen molar-refractivity contribution in [1.29, 1.82) is 0 Å². The van der Waals surface area contributed by atoms with Crippen LogP contribution in [0.1, 0.15) is 24.2 Å². The van der Waals surface area contributed by atoms with Crippen LogP contribution < -0.4 is 5.32 Å². The minimum absolute atomic E-state index is 0.0109. The average molecular weight is 443 g/mol. The number of likely N-dealkylation sites (tertiary alicyclic amines) is 1. The number of hydrogen-bond acceptors (Lipinski definition) is 3. The van der Waals surface area contributed by atoms with E-state index in [0.717, 1.165) is 59.7 Å². The number of aryl methyl sites for hydroxylation is 1. The van der Waals surface area contributed by atoms with E-state index in [1.807, 2.05) is 55.5 Å². The van der Waals surface area contributed by atoms with E-state index in [9.17, 15) is 9.18 Å². The second-order valence-electron chi connectivity index (χ2n) is 8.68. The van der Waals surface area contributed by atoms with Gasteiger partial charge >= 0.3 is 0 Å². The first kappa shape index (κ1) is 21.3. The summed E-state index contributed by atoms with van der Waals surface area (Å²) in [4.78, 5) is 20.0. The minimum atomic E-state index is -0.254. The third-order valence-electron chi connectivity index (χ3n) is 6.44. The molecule has 3 aromatic carbocycles. The van der Waals surface area contributed by atoms with Crippen LogP contribution in [-0.4, -0.2) is 33.4 Å². The van der Waals surface area contributed by atoms with Crippen LogP contribution in [0.3, 0.4) is 0 Å². The molecule has 5 nitrogen and oxygen atoms in total. The zero-order chi connectivity index (χ0) is 22.8. The fourth-order valence-electron chi connectivity index (χ4n) is 4.56. The summed E-state index contributed by atoms with van der Waals surface area (Å²) < 4.78 is 15.6. The summed E-state index contributed by atoms with van der Waals surface area (Å²) in [5.41, 5.74) is 4.78. The topological polar surface area (TPSA) is 50.2 Å². The van der Waals surface area contributed by atoms with Gasteiger partial charge in [-0.1, -0.05) is 30.3 Å². The van der Waals surface area contributed by atoms with Crippen LogP contribution in [-0.2, 0) is 11.3 Å². The summed E-state index contributed by atoms with van der Waals surface area (Å²) in [5.74, 6) is 0.778. The number of nitrogens with zero attached hydrogens (tertiary/aromatic N) is 3. The smallest absolute Gasteiger partial charge is 0.227 e. The van der Waals surface area contributed by atoms with Gasteiger partial charge in [0.15, 0.2) is 0 Å². The van der Waals surface area contributed by atoms with Gasteiger partial charge in [-0.05, 0) is 80.9 Å². The Labute approximate surface area is 192 Å². The van der Waals surface area contributed by atoms with E-state index in [4.69, 9.17) is 4.98 Å². The molecule has 0 bridgehead atoms. The van der Waals surface area contributed by atoms with E-state index >= 15 is 0 Å². The fraction of sp³-hybridized carbons (Fsp3) is 0.259. The Kier molecular flexibility index (Phi) is 5.92. The summed E-state index contributed by atoms with van der Waals surface area (Å²) in [6.07, 6.45) is 1.63. The molecule has 1 amide bonds. The number of nitrogens with one attached hydrogen (secondary N) is 1. The lowest BCUT2D eigenvalue weighted by molar-refractivity contribution is -0.121. The zero-order valence-corrected chi connectivity index (χ0v) is 18.7. The Morgan fingerprint density at radius 3 is 2.45 bits per heavy atom. The zero-order valence-electron chi connectivity index (χ0n) is 18.7. The normalized spacial score (nSPS) is 15.1. The maximum atomic E-state index is 13.5. The minimum Gasteiger partial charge on any atom is -0.326 e. The van der Waals surface area contributed by atoms with Crippen LogP contribution in [0.4, 0.5) is 10.1 Å². The Hall–Kier alpha value is -3.51. The number of piperidine rings is 1. The lowest BCUT2D eigenvalue weighted by Gasteiger charge is -2.31. The molecule has 1 aliphatic rings. The van der Waals surface area contributed by atoms with Crippen molar-refractivity contribution in [3.05, 3.63) is 90.0 Å². The first-order valence-corrected chi connectivity index (χ1v) is 11.4. The van der Waals surface area contributed by atoms with E-state index in [0.29, 0.717) is 6.54 Å². The second kappa shape index (κ2) is 9.16. The van der Waals surface area contributed by atoms with Gasteiger partial charge in [-0.3, -0.25) is 14.3 Å². The van der Waals surface area contributed by atoms with Gasteiger partial charge in [-0.2, -0.15) is 0 Å². The van der Waals surface area contributed by atoms with Gasteiger partial charge in [0.2, 0.25) is 5.91 Å². The largest absolute Gasteiger partial charge is 0.326 e. The molecule has 1 N–H and O–H groups in total. The van der Waals surface area contributed by atoms with Gasteiger partial charge in [0.1, 0.15) is 11.6 Å². The summed E-state index contributed by atoms with van der Waals surface area (Å²) in [6, 6.07) is 22.4. The Balaban J connectivity index is 1.30. The fourth-order valence-corrected chi connectivity index (χ4v) is 4.56. The number of para-hydroxylation sites is 3. The lowest BCUT2D eigenvalue weighted by atomic mass is 9.95. The molecule has 6 heteroatoms. The number of carbonyl (C=O) groups excluding carboxylic acids is 1. The van der Waals surface area contributed by atoms with Crippen molar-refractivity contribution >= 4 is 22.6 Å². The number of fused-ring (bicyclic) bond motifs is 1. The molecule has 0 radical (unpaired) electrons. The Morgan fingerprint density at radius 2 is 1.70 bits per heavy atom. The third-order valence-corrected chi connectivity index (χ3v) is 6.44. The molecule has 168 valence electrons. The Bertz CT molecular complexity index is 1270. The molecule has 0 spiro atoms. The lowest BCUT2D eigenvalue weighted by Crippen LogP contribution is -2.38. The van der Waals surface area contributed by atoms with E-state index < -0.39 is 0 Å². The van der Waals surface area contributed by atoms with E-state index in [1.54, 1.807) is 12.1 Å². The van der Waals surface area contributed by atoms with Crippen LogP contribution in [0.2, 0.25) is 0 Å². The molecule has 0 atom stereocenters. The molecular weight excluding hydrogens is 415 g/mol. The molecule has 4 aromatic rings. The molecule has 2 heterocycles. The molecule has 1 aromatic heterocycles. The van der Waals surface area contributed by atoms with Crippen LogP contribution in [0.15, 0.2) is 72.8 Å². The molecule has 5 rings (SSSR count). The highest BCUT2D eigenvalue weighted by atomic mass is 19.1. The summed E-state index contributed by atoms with van der Waals surface area (Å²) in [7, 11) is 0. The van der Waals surface area contributed by atoms with Gasteiger partial charge in [0.05, 0.1) is 17.6 Å². The maximum Gasteiger partial charge on any atom is 0.227 e. The van der Waals surface area contributed by atoms with Crippen molar-refractivity contribution in [2.75, 3.05) is 18.4 Å². The first-order valence-electron chi connectivity index (χ1n) is 11.4. The van der Waals surface area contributed by atoms with Crippen LogP contribution in [0.25, 0.3) is 16.7 Å².